The van der Waals surface area contributed by atoms with Crippen LogP contribution in [0.15, 0.2) is 30.6 Å². The van der Waals surface area contributed by atoms with Gasteiger partial charge >= 0.3 is 0 Å². The minimum atomic E-state index is 0. The lowest BCUT2D eigenvalue weighted by Gasteiger charge is -2.34. The van der Waals surface area contributed by atoms with Crippen LogP contribution in [0, 0.1) is 0 Å². The number of nitrogens with one attached hydrogen (secondary N) is 1. The van der Waals surface area contributed by atoms with E-state index in [4.69, 9.17) is 0 Å². The number of rotatable bonds is 3. The van der Waals surface area contributed by atoms with Crippen molar-refractivity contribution in [2.45, 2.75) is 19.4 Å². The molecule has 0 spiro atoms. The van der Waals surface area contributed by atoms with Gasteiger partial charge in [-0.25, -0.2) is 4.68 Å². The summed E-state index contributed by atoms with van der Waals surface area (Å²) < 4.78 is 1.59. The van der Waals surface area contributed by atoms with E-state index in [-0.39, 0.29) is 24.4 Å². The Morgan fingerprint density at radius 2 is 2.14 bits per heavy atom. The third-order valence-electron chi connectivity index (χ3n) is 3.73. The molecule has 1 amide bonds. The van der Waals surface area contributed by atoms with E-state index in [0.717, 1.165) is 30.9 Å². The number of hydrogen-bond donors (Lipinski definition) is 1. The summed E-state index contributed by atoms with van der Waals surface area (Å²) in [6.07, 6.45) is 1.97. The van der Waals surface area contributed by atoms with E-state index in [1.54, 1.807) is 11.0 Å². The Bertz CT molecular complexity index is 600. The van der Waals surface area contributed by atoms with Crippen molar-refractivity contribution < 1.29 is 4.79 Å². The number of tetrazole rings is 1. The Balaban J connectivity index is 0.00000176. The average molecular weight is 323 g/mol. The molecule has 8 heteroatoms. The molecule has 1 aromatic carbocycles. The number of carbonyl (C=O) groups is 1. The molecule has 0 bridgehead atoms. The highest BCUT2D eigenvalue weighted by molar-refractivity contribution is 5.85. The summed E-state index contributed by atoms with van der Waals surface area (Å²) in [7, 11) is 0. The van der Waals surface area contributed by atoms with Gasteiger partial charge in [0.15, 0.2) is 0 Å². The third-order valence-corrected chi connectivity index (χ3v) is 3.73. The number of hydrogen-bond acceptors (Lipinski definition) is 5. The van der Waals surface area contributed by atoms with Crippen molar-refractivity contribution in [3.8, 4) is 5.69 Å². The van der Waals surface area contributed by atoms with Crippen molar-refractivity contribution in [1.82, 2.24) is 30.4 Å². The van der Waals surface area contributed by atoms with Gasteiger partial charge in [-0.2, -0.15) is 0 Å². The first-order valence-corrected chi connectivity index (χ1v) is 7.06. The first-order valence-electron chi connectivity index (χ1n) is 7.06. The highest BCUT2D eigenvalue weighted by Gasteiger charge is 2.22. The molecule has 1 aliphatic rings. The molecule has 0 saturated carbocycles. The van der Waals surface area contributed by atoms with Crippen molar-refractivity contribution in [3.05, 3.63) is 36.2 Å². The normalized spacial score (nSPS) is 17.9. The second-order valence-electron chi connectivity index (χ2n) is 5.24. The van der Waals surface area contributed by atoms with Gasteiger partial charge in [0.2, 0.25) is 5.91 Å². The smallest absolute Gasteiger partial charge is 0.227 e. The van der Waals surface area contributed by atoms with Crippen LogP contribution < -0.4 is 5.32 Å². The Kier molecular flexibility index (Phi) is 5.46. The lowest BCUT2D eigenvalue weighted by Crippen LogP contribution is -2.52. The number of benzene rings is 1. The van der Waals surface area contributed by atoms with E-state index < -0.39 is 0 Å². The molecule has 7 nitrogen and oxygen atoms in total. The number of carbonyl (C=O) groups excluding carboxylic acids is 1. The molecule has 0 radical (unpaired) electrons. The van der Waals surface area contributed by atoms with E-state index in [2.05, 4.69) is 27.8 Å². The Morgan fingerprint density at radius 3 is 2.77 bits per heavy atom. The maximum atomic E-state index is 12.4. The SMILES string of the molecule is C[C@H]1CNCCN1C(=O)Cc1ccc(-n2cnnn2)cc1.Cl. The lowest BCUT2D eigenvalue weighted by molar-refractivity contribution is -0.133. The maximum absolute atomic E-state index is 12.4. The molecule has 2 heterocycles. The average Bonchev–Trinajstić information content (AvgIpc) is 3.02. The highest BCUT2D eigenvalue weighted by atomic mass is 35.5. The maximum Gasteiger partial charge on any atom is 0.227 e. The van der Waals surface area contributed by atoms with E-state index >= 15 is 0 Å². The number of halogens is 1. The Hall–Kier alpha value is -1.99. The molecular formula is C14H19ClN6O. The van der Waals surface area contributed by atoms with Gasteiger partial charge in [0.25, 0.3) is 0 Å². The zero-order chi connectivity index (χ0) is 14.7. The summed E-state index contributed by atoms with van der Waals surface area (Å²) in [6, 6.07) is 7.98. The monoisotopic (exact) mass is 322 g/mol. The zero-order valence-electron chi connectivity index (χ0n) is 12.3. The molecule has 22 heavy (non-hydrogen) atoms. The summed E-state index contributed by atoms with van der Waals surface area (Å²) in [5, 5.41) is 14.3. The fourth-order valence-corrected chi connectivity index (χ4v) is 2.53. The number of aromatic nitrogens is 4. The summed E-state index contributed by atoms with van der Waals surface area (Å²) in [5.41, 5.74) is 1.88. The van der Waals surface area contributed by atoms with Gasteiger partial charge in [-0.15, -0.1) is 17.5 Å². The van der Waals surface area contributed by atoms with Crippen molar-refractivity contribution in [2.24, 2.45) is 0 Å². The molecule has 3 rings (SSSR count). The summed E-state index contributed by atoms with van der Waals surface area (Å²) in [5.74, 6) is 0.180. The van der Waals surface area contributed by atoms with Gasteiger partial charge in [-0.05, 0) is 35.0 Å². The van der Waals surface area contributed by atoms with Crippen LogP contribution in [0.3, 0.4) is 0 Å². The summed E-state index contributed by atoms with van der Waals surface area (Å²) in [4.78, 5) is 14.3. The molecular weight excluding hydrogens is 304 g/mol. The quantitative estimate of drug-likeness (QED) is 0.888. The Labute approximate surface area is 135 Å². The van der Waals surface area contributed by atoms with E-state index in [0.29, 0.717) is 6.42 Å². The largest absolute Gasteiger partial charge is 0.337 e. The molecule has 1 saturated heterocycles. The molecule has 1 N–H and O–H groups in total. The molecule has 0 aliphatic carbocycles. The van der Waals surface area contributed by atoms with E-state index in [1.807, 2.05) is 29.2 Å². The molecule has 2 aromatic rings. The predicted molar refractivity (Wildman–Crippen MR) is 84.2 cm³/mol. The van der Waals surface area contributed by atoms with Crippen LogP contribution in [0.5, 0.6) is 0 Å². The van der Waals surface area contributed by atoms with Crippen molar-refractivity contribution in [3.63, 3.8) is 0 Å². The molecule has 1 atom stereocenters. The number of piperazine rings is 1. The second-order valence-corrected chi connectivity index (χ2v) is 5.24. The molecule has 1 fully saturated rings. The van der Waals surface area contributed by atoms with Gasteiger partial charge < -0.3 is 10.2 Å². The van der Waals surface area contributed by atoms with E-state index in [1.165, 1.54) is 0 Å². The van der Waals surface area contributed by atoms with Crippen LogP contribution in [0.4, 0.5) is 0 Å². The number of amides is 1. The van der Waals surface area contributed by atoms with Gasteiger partial charge in [0, 0.05) is 25.7 Å². The highest BCUT2D eigenvalue weighted by Crippen LogP contribution is 2.11. The molecule has 118 valence electrons. The standard InChI is InChI=1S/C14H18N6O.ClH/c1-11-9-15-6-7-19(11)14(21)8-12-2-4-13(5-3-12)20-10-16-17-18-20;/h2-5,10-11,15H,6-9H2,1H3;1H/t11-;/m0./s1. The topological polar surface area (TPSA) is 75.9 Å². The fourth-order valence-electron chi connectivity index (χ4n) is 2.53. The van der Waals surface area contributed by atoms with Crippen LogP contribution in [-0.2, 0) is 11.2 Å². The van der Waals surface area contributed by atoms with Gasteiger partial charge in [0.05, 0.1) is 12.1 Å². The molecule has 1 aromatic heterocycles. The van der Waals surface area contributed by atoms with Crippen LogP contribution in [0.2, 0.25) is 0 Å². The Morgan fingerprint density at radius 1 is 1.36 bits per heavy atom. The zero-order valence-corrected chi connectivity index (χ0v) is 13.2. The minimum absolute atomic E-state index is 0. The second kappa shape index (κ2) is 7.33. The van der Waals surface area contributed by atoms with Crippen LogP contribution >= 0.6 is 12.4 Å². The van der Waals surface area contributed by atoms with E-state index in [9.17, 15) is 4.79 Å². The van der Waals surface area contributed by atoms with Crippen LogP contribution in [0.1, 0.15) is 12.5 Å². The fraction of sp³-hybridized carbons (Fsp3) is 0.429. The molecule has 0 unspecified atom stereocenters. The van der Waals surface area contributed by atoms with Gasteiger partial charge in [-0.1, -0.05) is 12.1 Å². The first kappa shape index (κ1) is 16.4. The van der Waals surface area contributed by atoms with Gasteiger partial charge in [0.1, 0.15) is 6.33 Å². The number of nitrogens with zero attached hydrogens (tertiary/aromatic N) is 5. The first-order chi connectivity index (χ1) is 10.2. The lowest BCUT2D eigenvalue weighted by atomic mass is 10.1. The predicted octanol–water partition coefficient (Wildman–Crippen LogP) is 0.447. The summed E-state index contributed by atoms with van der Waals surface area (Å²) >= 11 is 0. The van der Waals surface area contributed by atoms with Crippen LogP contribution in [-0.4, -0.2) is 56.7 Å². The minimum Gasteiger partial charge on any atom is -0.337 e. The van der Waals surface area contributed by atoms with Gasteiger partial charge in [-0.3, -0.25) is 4.79 Å². The summed E-state index contributed by atoms with van der Waals surface area (Å²) in [6.45, 7) is 4.59. The van der Waals surface area contributed by atoms with Crippen molar-refractivity contribution in [2.75, 3.05) is 19.6 Å². The molecule has 1 aliphatic heterocycles. The van der Waals surface area contributed by atoms with Crippen molar-refractivity contribution in [1.29, 1.82) is 0 Å². The third kappa shape index (κ3) is 3.61. The van der Waals surface area contributed by atoms with Crippen molar-refractivity contribution >= 4 is 18.3 Å². The van der Waals surface area contributed by atoms with Crippen LogP contribution in [0.25, 0.3) is 5.69 Å².